The molecule has 0 aliphatic rings. The van der Waals surface area contributed by atoms with Gasteiger partial charge in [-0.2, -0.15) is 0 Å². The molecule has 0 radical (unpaired) electrons. The summed E-state index contributed by atoms with van der Waals surface area (Å²) in [5.41, 5.74) is 0.991. The van der Waals surface area contributed by atoms with Crippen molar-refractivity contribution in [2.45, 2.75) is 24.9 Å². The first-order chi connectivity index (χ1) is 12.3. The lowest BCUT2D eigenvalue weighted by atomic mass is 10.3. The fourth-order valence-electron chi connectivity index (χ4n) is 2.32. The topological polar surface area (TPSA) is 59.8 Å². The highest BCUT2D eigenvalue weighted by molar-refractivity contribution is 7.99. The predicted octanol–water partition coefficient (Wildman–Crippen LogP) is 4.00. The lowest BCUT2D eigenvalue weighted by molar-refractivity contribution is -0.118. The molecule has 0 unspecified atom stereocenters. The summed E-state index contributed by atoms with van der Waals surface area (Å²) >= 11 is 3.03. The minimum atomic E-state index is 0.0266. The Labute approximate surface area is 155 Å². The highest BCUT2D eigenvalue weighted by Gasteiger charge is 2.17. The second-order valence-electron chi connectivity index (χ2n) is 5.45. The Morgan fingerprint density at radius 2 is 2.04 bits per heavy atom. The molecule has 0 spiro atoms. The number of thioether (sulfide) groups is 1. The number of unbranched alkanes of at least 4 members (excludes halogenated alkanes) is 1. The van der Waals surface area contributed by atoms with E-state index in [9.17, 15) is 4.79 Å². The van der Waals surface area contributed by atoms with Gasteiger partial charge in [-0.15, -0.1) is 21.5 Å². The smallest absolute Gasteiger partial charge is 0.230 e. The lowest BCUT2D eigenvalue weighted by Gasteiger charge is -2.09. The summed E-state index contributed by atoms with van der Waals surface area (Å²) in [6.45, 7) is 2.83. The minimum absolute atomic E-state index is 0.0266. The van der Waals surface area contributed by atoms with Gasteiger partial charge in [-0.1, -0.05) is 49.4 Å². The van der Waals surface area contributed by atoms with Crippen LogP contribution in [0.2, 0.25) is 0 Å². The van der Waals surface area contributed by atoms with Gasteiger partial charge in [0.15, 0.2) is 11.0 Å². The maximum atomic E-state index is 12.0. The summed E-state index contributed by atoms with van der Waals surface area (Å²) in [4.78, 5) is 13.0. The molecule has 25 heavy (non-hydrogen) atoms. The number of hydrogen-bond acceptors (Lipinski definition) is 5. The molecule has 1 amide bonds. The Kier molecular flexibility index (Phi) is 6.25. The Morgan fingerprint density at radius 1 is 1.20 bits per heavy atom. The molecular weight excluding hydrogens is 352 g/mol. The lowest BCUT2D eigenvalue weighted by Crippen LogP contribution is -2.26. The van der Waals surface area contributed by atoms with E-state index in [0.29, 0.717) is 5.75 Å². The Morgan fingerprint density at radius 3 is 2.76 bits per heavy atom. The van der Waals surface area contributed by atoms with Crippen LogP contribution in [0.1, 0.15) is 19.8 Å². The average molecular weight is 373 g/mol. The number of carbonyl (C=O) groups is 1. The van der Waals surface area contributed by atoms with Crippen LogP contribution in [0.15, 0.2) is 53.0 Å². The van der Waals surface area contributed by atoms with Crippen LogP contribution in [0.4, 0.5) is 0 Å². The van der Waals surface area contributed by atoms with Crippen LogP contribution in [-0.2, 0) is 4.79 Å². The molecule has 1 N–H and O–H groups in total. The van der Waals surface area contributed by atoms with E-state index in [1.807, 2.05) is 52.4 Å². The Hall–Kier alpha value is -2.12. The molecule has 2 aromatic heterocycles. The first kappa shape index (κ1) is 17.7. The molecule has 3 aromatic rings. The number of thiophene rings is 1. The van der Waals surface area contributed by atoms with Gasteiger partial charge in [0.25, 0.3) is 0 Å². The van der Waals surface area contributed by atoms with Gasteiger partial charge >= 0.3 is 0 Å². The quantitative estimate of drug-likeness (QED) is 0.479. The van der Waals surface area contributed by atoms with E-state index < -0.39 is 0 Å². The molecular formula is C18H20N4OS2. The summed E-state index contributed by atoms with van der Waals surface area (Å²) in [7, 11) is 0. The van der Waals surface area contributed by atoms with Crippen molar-refractivity contribution in [3.63, 3.8) is 0 Å². The van der Waals surface area contributed by atoms with Crippen LogP contribution in [0.25, 0.3) is 16.4 Å². The van der Waals surface area contributed by atoms with Crippen molar-refractivity contribution in [2.75, 3.05) is 12.3 Å². The summed E-state index contributed by atoms with van der Waals surface area (Å²) < 4.78 is 2.01. The third-order valence-corrected chi connectivity index (χ3v) is 5.37. The molecule has 2 heterocycles. The van der Waals surface area contributed by atoms with E-state index in [-0.39, 0.29) is 5.91 Å². The fraction of sp³-hybridized carbons (Fsp3) is 0.278. The molecule has 0 saturated heterocycles. The molecule has 1 aromatic carbocycles. The SMILES string of the molecule is CCCCNC(=O)CSc1nnc(-c2cccs2)n1-c1ccccc1. The van der Waals surface area contributed by atoms with Crippen molar-refractivity contribution in [3.8, 4) is 16.4 Å². The number of carbonyl (C=O) groups excluding carboxylic acids is 1. The summed E-state index contributed by atoms with van der Waals surface area (Å²) in [6, 6.07) is 14.0. The average Bonchev–Trinajstić information content (AvgIpc) is 3.30. The summed E-state index contributed by atoms with van der Waals surface area (Å²) in [5, 5.41) is 14.4. The van der Waals surface area contributed by atoms with Gasteiger partial charge in [0.2, 0.25) is 5.91 Å². The van der Waals surface area contributed by atoms with Crippen LogP contribution in [0.5, 0.6) is 0 Å². The highest BCUT2D eigenvalue weighted by atomic mass is 32.2. The standard InChI is InChI=1S/C18H20N4OS2/c1-2-3-11-19-16(23)13-25-18-21-20-17(15-10-7-12-24-15)22(18)14-8-5-4-6-9-14/h4-10,12H,2-3,11,13H2,1H3,(H,19,23). The van der Waals surface area contributed by atoms with Gasteiger partial charge in [-0.3, -0.25) is 9.36 Å². The fourth-order valence-corrected chi connectivity index (χ4v) is 3.80. The molecule has 5 nitrogen and oxygen atoms in total. The van der Waals surface area contributed by atoms with Crippen molar-refractivity contribution in [1.29, 1.82) is 0 Å². The second kappa shape index (κ2) is 8.82. The highest BCUT2D eigenvalue weighted by Crippen LogP contribution is 2.30. The summed E-state index contributed by atoms with van der Waals surface area (Å²) in [5.74, 6) is 1.16. The molecule has 0 fully saturated rings. The van der Waals surface area contributed by atoms with Crippen LogP contribution in [-0.4, -0.2) is 33.0 Å². The molecule has 0 saturated carbocycles. The molecule has 0 atom stereocenters. The van der Waals surface area contributed by atoms with Gasteiger partial charge in [-0.05, 0) is 30.0 Å². The van der Waals surface area contributed by atoms with Crippen molar-refractivity contribution in [3.05, 3.63) is 47.8 Å². The third-order valence-electron chi connectivity index (χ3n) is 3.57. The van der Waals surface area contributed by atoms with Gasteiger partial charge in [-0.25, -0.2) is 0 Å². The second-order valence-corrected chi connectivity index (χ2v) is 7.34. The van der Waals surface area contributed by atoms with E-state index in [4.69, 9.17) is 0 Å². The summed E-state index contributed by atoms with van der Waals surface area (Å²) in [6.07, 6.45) is 2.07. The van der Waals surface area contributed by atoms with E-state index in [1.165, 1.54) is 11.8 Å². The van der Waals surface area contributed by atoms with Crippen molar-refractivity contribution < 1.29 is 4.79 Å². The molecule has 130 valence electrons. The monoisotopic (exact) mass is 372 g/mol. The number of hydrogen-bond donors (Lipinski definition) is 1. The molecule has 0 aliphatic carbocycles. The zero-order chi connectivity index (χ0) is 17.5. The number of nitrogens with zero attached hydrogens (tertiary/aromatic N) is 3. The number of amides is 1. The van der Waals surface area contributed by atoms with Crippen LogP contribution in [0.3, 0.4) is 0 Å². The van der Waals surface area contributed by atoms with Crippen LogP contribution >= 0.6 is 23.1 Å². The third kappa shape index (κ3) is 4.49. The van der Waals surface area contributed by atoms with Gasteiger partial charge in [0.1, 0.15) is 0 Å². The number of nitrogens with one attached hydrogen (secondary N) is 1. The van der Waals surface area contributed by atoms with E-state index in [2.05, 4.69) is 22.4 Å². The molecule has 0 bridgehead atoms. The number of para-hydroxylation sites is 1. The maximum Gasteiger partial charge on any atom is 0.230 e. The zero-order valence-corrected chi connectivity index (χ0v) is 15.6. The van der Waals surface area contributed by atoms with E-state index in [0.717, 1.165) is 40.9 Å². The van der Waals surface area contributed by atoms with Gasteiger partial charge in [0.05, 0.1) is 10.6 Å². The number of benzene rings is 1. The largest absolute Gasteiger partial charge is 0.355 e. The molecule has 7 heteroatoms. The molecule has 3 rings (SSSR count). The first-order valence-corrected chi connectivity index (χ1v) is 10.1. The van der Waals surface area contributed by atoms with Crippen LogP contribution in [0, 0.1) is 0 Å². The van der Waals surface area contributed by atoms with E-state index >= 15 is 0 Å². The minimum Gasteiger partial charge on any atom is -0.355 e. The Bertz CT molecular complexity index is 800. The first-order valence-electron chi connectivity index (χ1n) is 8.24. The van der Waals surface area contributed by atoms with Crippen LogP contribution < -0.4 is 5.32 Å². The molecule has 0 aliphatic heterocycles. The van der Waals surface area contributed by atoms with Crippen molar-refractivity contribution >= 4 is 29.0 Å². The number of rotatable bonds is 8. The van der Waals surface area contributed by atoms with Gasteiger partial charge in [0, 0.05) is 12.2 Å². The van der Waals surface area contributed by atoms with Gasteiger partial charge < -0.3 is 5.32 Å². The number of aromatic nitrogens is 3. The van der Waals surface area contributed by atoms with E-state index in [1.54, 1.807) is 11.3 Å². The maximum absolute atomic E-state index is 12.0. The van der Waals surface area contributed by atoms with Crippen molar-refractivity contribution in [1.82, 2.24) is 20.1 Å². The van der Waals surface area contributed by atoms with Crippen molar-refractivity contribution in [2.24, 2.45) is 0 Å². The Balaban J connectivity index is 1.81. The normalized spacial score (nSPS) is 10.8. The zero-order valence-electron chi connectivity index (χ0n) is 14.0. The predicted molar refractivity (Wildman–Crippen MR) is 103 cm³/mol.